The summed E-state index contributed by atoms with van der Waals surface area (Å²) >= 11 is 10.2. The van der Waals surface area contributed by atoms with Crippen LogP contribution >= 0.6 is 24.4 Å². The number of halogens is 2. The average molecular weight is 659 g/mol. The van der Waals surface area contributed by atoms with Gasteiger partial charge >= 0.3 is 0 Å². The fraction of sp³-hybridized carbons (Fsp3) is 0.536. The number of benzene rings is 1. The zero-order valence-corrected chi connectivity index (χ0v) is 26.0. The molecule has 4 heterocycles. The van der Waals surface area contributed by atoms with Crippen LogP contribution < -0.4 is 10.1 Å². The van der Waals surface area contributed by atoms with E-state index in [1.165, 1.54) is 15.7 Å². The van der Waals surface area contributed by atoms with Crippen molar-refractivity contribution >= 4 is 29.5 Å². The molecule has 0 aliphatic carbocycles. The quantitative estimate of drug-likeness (QED) is 0.249. The second-order valence-corrected chi connectivity index (χ2v) is 11.5. The van der Waals surface area contributed by atoms with Gasteiger partial charge in [-0.15, -0.1) is 0 Å². The van der Waals surface area contributed by atoms with Gasteiger partial charge in [0.15, 0.2) is 29.9 Å². The van der Waals surface area contributed by atoms with Crippen LogP contribution in [-0.2, 0) is 9.47 Å². The summed E-state index contributed by atoms with van der Waals surface area (Å²) in [4.78, 5) is 5.56. The lowest BCUT2D eigenvalue weighted by atomic mass is 10.1. The van der Waals surface area contributed by atoms with Crippen molar-refractivity contribution in [2.24, 2.45) is 0 Å². The standard InChI is InChI=1S/C18H21FN2O4S.C10H15FN2O4S/c1-9-5-4-6-10(2)15(9)25-16-11(3)7-21(18(26)20-16)17-13(19)14(23)12(8-22)24-17;1-4-2-13(10(18)12-8(4)16)9-6(11)7(15)5(3-14)17-9/h4-7,12-14,17,22-23H,8H2,1-3H3;2,5-9,14-16H,3H2,1H3,(H,12,18)/t12-,13+,14?,17-;5-,6+,7?,8?,9-/m00/s1. The van der Waals surface area contributed by atoms with E-state index in [0.29, 0.717) is 22.8 Å². The Morgan fingerprint density at radius 2 is 1.45 bits per heavy atom. The second-order valence-electron chi connectivity index (χ2n) is 10.7. The minimum absolute atomic E-state index is 0.0651. The molecular formula is C28H36F2N4O8S2. The highest BCUT2D eigenvalue weighted by molar-refractivity contribution is 7.80. The van der Waals surface area contributed by atoms with Crippen LogP contribution in [0.2, 0.25) is 0 Å². The van der Waals surface area contributed by atoms with E-state index in [0.717, 1.165) is 11.1 Å². The summed E-state index contributed by atoms with van der Waals surface area (Å²) in [5, 5.41) is 49.7. The van der Waals surface area contributed by atoms with E-state index in [1.807, 2.05) is 32.0 Å². The van der Waals surface area contributed by atoms with Crippen molar-refractivity contribution in [2.45, 2.75) is 83.1 Å². The zero-order valence-electron chi connectivity index (χ0n) is 24.4. The number of nitrogens with zero attached hydrogens (tertiary/aromatic N) is 3. The van der Waals surface area contributed by atoms with Crippen molar-refractivity contribution in [3.63, 3.8) is 0 Å². The SMILES string of the molecule is CC1=CN([C@H]2O[C@@H](CO)C(O)[C@H]2F)C(=S)NC1O.Cc1cn([C@H]2O[C@@H](CO)C(O)[C@H]2F)c(=S)nc1Oc1c(C)cccc1C. The predicted octanol–water partition coefficient (Wildman–Crippen LogP) is 1.73. The van der Waals surface area contributed by atoms with Crippen molar-refractivity contribution in [3.8, 4) is 11.6 Å². The van der Waals surface area contributed by atoms with Crippen molar-refractivity contribution in [1.29, 1.82) is 0 Å². The number of alkyl halides is 2. The summed E-state index contributed by atoms with van der Waals surface area (Å²) in [6.07, 6.45) is -8.32. The Kier molecular flexibility index (Phi) is 11.0. The van der Waals surface area contributed by atoms with Gasteiger partial charge in [-0.25, -0.2) is 8.78 Å². The fourth-order valence-corrected chi connectivity index (χ4v) is 5.40. The lowest BCUT2D eigenvalue weighted by Crippen LogP contribution is -2.53. The maximum Gasteiger partial charge on any atom is 0.226 e. The molecule has 6 N–H and O–H groups in total. The molecule has 3 aliphatic heterocycles. The maximum atomic E-state index is 14.4. The number of nitrogens with one attached hydrogen (secondary N) is 1. The first-order chi connectivity index (χ1) is 20.8. The average Bonchev–Trinajstić information content (AvgIpc) is 3.43. The Morgan fingerprint density at radius 1 is 0.909 bits per heavy atom. The molecule has 16 heteroatoms. The Bertz CT molecular complexity index is 1430. The fourth-order valence-electron chi connectivity index (χ4n) is 4.89. The molecule has 3 aliphatic rings. The number of aryl methyl sites for hydroxylation is 3. The van der Waals surface area contributed by atoms with Crippen molar-refractivity contribution in [3.05, 3.63) is 57.6 Å². The molecule has 2 fully saturated rings. The van der Waals surface area contributed by atoms with Gasteiger partial charge in [-0.1, -0.05) is 18.2 Å². The first kappa shape index (κ1) is 34.2. The number of thiocarbonyl (C=S) groups is 1. The van der Waals surface area contributed by atoms with Crippen LogP contribution in [0.3, 0.4) is 0 Å². The molecule has 1 aromatic heterocycles. The number of hydrogen-bond donors (Lipinski definition) is 6. The van der Waals surface area contributed by atoms with Crippen molar-refractivity contribution < 1.29 is 48.5 Å². The molecule has 2 aromatic rings. The normalized spacial score (nSPS) is 31.7. The first-order valence-electron chi connectivity index (χ1n) is 13.7. The monoisotopic (exact) mass is 658 g/mol. The third-order valence-electron chi connectivity index (χ3n) is 7.46. The third kappa shape index (κ3) is 6.93. The van der Waals surface area contributed by atoms with Gasteiger partial charge in [0.25, 0.3) is 0 Å². The Morgan fingerprint density at radius 3 is 2.00 bits per heavy atom. The van der Waals surface area contributed by atoms with E-state index in [2.05, 4.69) is 10.3 Å². The van der Waals surface area contributed by atoms with E-state index in [4.69, 9.17) is 43.8 Å². The van der Waals surface area contributed by atoms with Gasteiger partial charge in [-0.3, -0.25) is 9.47 Å². The van der Waals surface area contributed by atoms with Crippen LogP contribution in [0, 0.1) is 25.5 Å². The van der Waals surface area contributed by atoms with E-state index in [-0.39, 0.29) is 9.88 Å². The van der Waals surface area contributed by atoms with Crippen LogP contribution in [0.5, 0.6) is 11.6 Å². The highest BCUT2D eigenvalue weighted by Gasteiger charge is 2.48. The Balaban J connectivity index is 0.000000215. The summed E-state index contributed by atoms with van der Waals surface area (Å²) in [5.74, 6) is 1.03. The second kappa shape index (κ2) is 14.2. The van der Waals surface area contributed by atoms with Crippen LogP contribution in [0.25, 0.3) is 0 Å². The molecule has 1 aromatic carbocycles. The van der Waals surface area contributed by atoms with Crippen molar-refractivity contribution in [1.82, 2.24) is 19.8 Å². The molecule has 0 radical (unpaired) electrons. The van der Waals surface area contributed by atoms with Gasteiger partial charge in [0.05, 0.1) is 13.2 Å². The smallest absolute Gasteiger partial charge is 0.226 e. The summed E-state index contributed by atoms with van der Waals surface area (Å²) in [6.45, 7) is 6.33. The van der Waals surface area contributed by atoms with E-state index in [9.17, 15) is 29.2 Å². The van der Waals surface area contributed by atoms with Crippen LogP contribution in [0.15, 0.2) is 36.2 Å². The number of hydrogen-bond acceptors (Lipinski definition) is 11. The molecule has 44 heavy (non-hydrogen) atoms. The number of rotatable bonds is 6. The van der Waals surface area contributed by atoms with Gasteiger partial charge in [0.2, 0.25) is 10.7 Å². The predicted molar refractivity (Wildman–Crippen MR) is 160 cm³/mol. The Hall–Kier alpha value is -2.67. The van der Waals surface area contributed by atoms with Crippen LogP contribution in [0.4, 0.5) is 8.78 Å². The molecule has 5 rings (SSSR count). The maximum absolute atomic E-state index is 14.4. The molecular weight excluding hydrogens is 622 g/mol. The van der Waals surface area contributed by atoms with E-state index >= 15 is 0 Å². The van der Waals surface area contributed by atoms with E-state index < -0.39 is 68.7 Å². The highest BCUT2D eigenvalue weighted by Crippen LogP contribution is 2.34. The molecule has 242 valence electrons. The number of aliphatic hydroxyl groups is 5. The van der Waals surface area contributed by atoms with Crippen LogP contribution in [-0.4, -0.2) is 108 Å². The van der Waals surface area contributed by atoms with Crippen molar-refractivity contribution in [2.75, 3.05) is 13.2 Å². The minimum Gasteiger partial charge on any atom is -0.438 e. The van der Waals surface area contributed by atoms with Gasteiger partial charge in [-0.05, 0) is 68.8 Å². The summed E-state index contributed by atoms with van der Waals surface area (Å²) in [5.41, 5.74) is 3.11. The zero-order chi connectivity index (χ0) is 32.5. The molecule has 12 nitrogen and oxygen atoms in total. The van der Waals surface area contributed by atoms with Gasteiger partial charge in [0, 0.05) is 18.0 Å². The first-order valence-corrected chi connectivity index (χ1v) is 14.6. The lowest BCUT2D eigenvalue weighted by molar-refractivity contribution is -0.0543. The lowest BCUT2D eigenvalue weighted by Gasteiger charge is -2.34. The van der Waals surface area contributed by atoms with Gasteiger partial charge < -0.3 is 45.1 Å². The number of aromatic nitrogens is 2. The summed E-state index contributed by atoms with van der Waals surface area (Å²) in [7, 11) is 0. The Labute approximate surface area is 263 Å². The number of para-hydroxylation sites is 1. The molecule has 0 bridgehead atoms. The number of ether oxygens (including phenoxy) is 3. The van der Waals surface area contributed by atoms with Gasteiger partial charge in [-0.2, -0.15) is 4.98 Å². The molecule has 0 amide bonds. The summed E-state index contributed by atoms with van der Waals surface area (Å²) < 4.78 is 46.2. The molecule has 3 unspecified atom stereocenters. The topological polar surface area (TPSA) is 162 Å². The third-order valence-corrected chi connectivity index (χ3v) is 8.09. The minimum atomic E-state index is -1.72. The molecule has 0 saturated carbocycles. The van der Waals surface area contributed by atoms with Crippen LogP contribution in [0.1, 0.15) is 29.8 Å². The largest absolute Gasteiger partial charge is 0.438 e. The molecule has 2 saturated heterocycles. The molecule has 9 atom stereocenters. The highest BCUT2D eigenvalue weighted by atomic mass is 32.1. The van der Waals surface area contributed by atoms with E-state index in [1.54, 1.807) is 20.0 Å². The summed E-state index contributed by atoms with van der Waals surface area (Å²) in [6, 6.07) is 5.81. The molecule has 0 spiro atoms. The van der Waals surface area contributed by atoms with Gasteiger partial charge in [0.1, 0.15) is 36.4 Å². The number of aliphatic hydroxyl groups excluding tert-OH is 5.